The zero-order valence-electron chi connectivity index (χ0n) is 22.7. The van der Waals surface area contributed by atoms with Crippen molar-refractivity contribution < 1.29 is 59.1 Å². The van der Waals surface area contributed by atoms with Crippen LogP contribution in [-0.4, -0.2) is 88.0 Å². The van der Waals surface area contributed by atoms with Gasteiger partial charge in [-0.15, -0.1) is 4.31 Å². The summed E-state index contributed by atoms with van der Waals surface area (Å²) in [4.78, 5) is 54.4. The number of imide groups is 1. The van der Waals surface area contributed by atoms with Crippen molar-refractivity contribution in [1.29, 1.82) is 0 Å². The summed E-state index contributed by atoms with van der Waals surface area (Å²) in [6.07, 6.45) is 0. The average Bonchev–Trinajstić information content (AvgIpc) is 3.21. The number of ether oxygens (including phenoxy) is 2. The second kappa shape index (κ2) is 12.3. The Morgan fingerprint density at radius 2 is 1.26 bits per heavy atom. The first-order chi connectivity index (χ1) is 19.7. The third-order valence-electron chi connectivity index (χ3n) is 6.06. The minimum absolute atomic E-state index is 0.428. The molecule has 0 bridgehead atoms. The monoisotopic (exact) mass is 646 g/mol. The second-order valence-corrected chi connectivity index (χ2v) is 14.2. The lowest BCUT2D eigenvalue weighted by molar-refractivity contribution is -0.163. The van der Waals surface area contributed by atoms with Crippen molar-refractivity contribution in [3.8, 4) is 0 Å². The highest BCUT2D eigenvalue weighted by Gasteiger charge is 2.79. The van der Waals surface area contributed by atoms with Gasteiger partial charge in [-0.1, -0.05) is 36.4 Å². The van der Waals surface area contributed by atoms with Crippen LogP contribution in [0.4, 0.5) is 4.79 Å². The molecule has 1 unspecified atom stereocenters. The van der Waals surface area contributed by atoms with E-state index in [1.54, 1.807) is 0 Å². The first-order valence-corrected chi connectivity index (χ1v) is 16.6. The van der Waals surface area contributed by atoms with E-state index in [9.17, 15) is 40.6 Å². The number of carbonyl (C=O) groups is 4. The maximum absolute atomic E-state index is 14.4. The summed E-state index contributed by atoms with van der Waals surface area (Å²) in [5.74, 6) is -5.70. The number of esters is 2. The zero-order valence-corrected chi connectivity index (χ0v) is 25.3. The van der Waals surface area contributed by atoms with Gasteiger partial charge in [-0.2, -0.15) is 4.31 Å². The van der Waals surface area contributed by atoms with Crippen LogP contribution >= 0.6 is 7.60 Å². The SMILES string of the molecule is CCOC(=O)C([C@]1(C(=O)OCC)C(=O)N(S(=O)(=O)c2ccccc2)C(=O)N1S(=O)(=O)c1ccccc1)P(=O)(OC)OC. The van der Waals surface area contributed by atoms with Crippen molar-refractivity contribution in [3.05, 3.63) is 60.7 Å². The maximum atomic E-state index is 14.4. The maximum Gasteiger partial charge on any atom is 0.356 e. The molecule has 2 aromatic carbocycles. The minimum atomic E-state index is -5.42. The second-order valence-electron chi connectivity index (χ2n) is 8.30. The smallest absolute Gasteiger partial charge is 0.356 e. The Balaban J connectivity index is 2.59. The number of nitrogens with zero attached hydrogens (tertiary/aromatic N) is 2. The summed E-state index contributed by atoms with van der Waals surface area (Å²) in [6, 6.07) is 9.65. The number of benzene rings is 2. The third kappa shape index (κ3) is 5.11. The molecule has 0 aliphatic carbocycles. The van der Waals surface area contributed by atoms with Crippen LogP contribution in [0.2, 0.25) is 0 Å². The summed E-state index contributed by atoms with van der Waals surface area (Å²) in [6.45, 7) is 1.52. The van der Waals surface area contributed by atoms with E-state index in [0.717, 1.165) is 38.5 Å². The molecule has 0 spiro atoms. The van der Waals surface area contributed by atoms with Gasteiger partial charge >= 0.3 is 25.6 Å². The molecule has 1 fully saturated rings. The molecule has 15 nitrogen and oxygen atoms in total. The van der Waals surface area contributed by atoms with E-state index in [4.69, 9.17) is 18.5 Å². The fourth-order valence-corrected chi connectivity index (χ4v) is 9.06. The van der Waals surface area contributed by atoms with Gasteiger partial charge in [-0.25, -0.2) is 26.4 Å². The predicted molar refractivity (Wildman–Crippen MR) is 143 cm³/mol. The van der Waals surface area contributed by atoms with Crippen LogP contribution in [0.3, 0.4) is 0 Å². The van der Waals surface area contributed by atoms with Crippen LogP contribution < -0.4 is 0 Å². The molecular formula is C24H27N2O13PS2. The van der Waals surface area contributed by atoms with Crippen molar-refractivity contribution in [1.82, 2.24) is 8.61 Å². The van der Waals surface area contributed by atoms with Gasteiger partial charge in [0.2, 0.25) is 5.66 Å². The topological polar surface area (TPSA) is 197 Å². The Morgan fingerprint density at radius 3 is 1.69 bits per heavy atom. The van der Waals surface area contributed by atoms with Crippen molar-refractivity contribution in [2.75, 3.05) is 27.4 Å². The lowest BCUT2D eigenvalue weighted by atomic mass is 9.94. The number of sulfonamides is 2. The largest absolute Gasteiger partial charge is 0.465 e. The number of hydrogen-bond acceptors (Lipinski definition) is 13. The molecule has 1 aliphatic heterocycles. The summed E-state index contributed by atoms with van der Waals surface area (Å²) < 4.78 is 88.4. The molecule has 2 atom stereocenters. The molecular weight excluding hydrogens is 619 g/mol. The number of urea groups is 1. The van der Waals surface area contributed by atoms with Crippen LogP contribution in [0, 0.1) is 0 Å². The first kappa shape index (κ1) is 32.9. The van der Waals surface area contributed by atoms with Crippen molar-refractivity contribution in [2.45, 2.75) is 34.8 Å². The lowest BCUT2D eigenvalue weighted by Crippen LogP contribution is -2.67. The van der Waals surface area contributed by atoms with Gasteiger partial charge in [0.15, 0.2) is 0 Å². The molecule has 0 radical (unpaired) electrons. The van der Waals surface area contributed by atoms with E-state index in [1.807, 2.05) is 0 Å². The number of amides is 3. The van der Waals surface area contributed by atoms with Gasteiger partial charge in [-0.3, -0.25) is 14.2 Å². The minimum Gasteiger partial charge on any atom is -0.465 e. The zero-order chi connectivity index (χ0) is 31.5. The Bertz CT molecular complexity index is 1620. The van der Waals surface area contributed by atoms with Crippen LogP contribution in [0.5, 0.6) is 0 Å². The van der Waals surface area contributed by atoms with E-state index in [1.165, 1.54) is 50.2 Å². The van der Waals surface area contributed by atoms with Crippen LogP contribution in [0.25, 0.3) is 0 Å². The molecule has 3 amide bonds. The van der Waals surface area contributed by atoms with E-state index >= 15 is 0 Å². The summed E-state index contributed by atoms with van der Waals surface area (Å²) in [5.41, 5.74) is -6.71. The Hall–Kier alpha value is -3.63. The number of rotatable bonds is 12. The van der Waals surface area contributed by atoms with Crippen LogP contribution in [-0.2, 0) is 57.5 Å². The molecule has 0 N–H and O–H groups in total. The predicted octanol–water partition coefficient (Wildman–Crippen LogP) is 1.75. The van der Waals surface area contributed by atoms with E-state index in [-0.39, 0.29) is 0 Å². The highest BCUT2D eigenvalue weighted by molar-refractivity contribution is 7.91. The normalized spacial score (nSPS) is 18.6. The quantitative estimate of drug-likeness (QED) is 0.140. The average molecular weight is 647 g/mol. The highest BCUT2D eigenvalue weighted by atomic mass is 32.2. The highest BCUT2D eigenvalue weighted by Crippen LogP contribution is 2.59. The molecule has 18 heteroatoms. The molecule has 0 saturated carbocycles. The van der Waals surface area contributed by atoms with Gasteiger partial charge in [0.05, 0.1) is 23.0 Å². The number of carbonyl (C=O) groups excluding carboxylic acids is 4. The number of hydrogen-bond donors (Lipinski definition) is 0. The van der Waals surface area contributed by atoms with Gasteiger partial charge < -0.3 is 18.5 Å². The van der Waals surface area contributed by atoms with Crippen LogP contribution in [0.15, 0.2) is 70.5 Å². The molecule has 3 rings (SSSR count). The molecule has 2 aromatic rings. The van der Waals surface area contributed by atoms with Gasteiger partial charge in [0, 0.05) is 14.2 Å². The van der Waals surface area contributed by atoms with Gasteiger partial charge in [0.25, 0.3) is 31.5 Å². The fourth-order valence-electron chi connectivity index (χ4n) is 4.25. The van der Waals surface area contributed by atoms with Crippen molar-refractivity contribution in [2.24, 2.45) is 0 Å². The summed E-state index contributed by atoms with van der Waals surface area (Å²) in [5, 5.41) is 0. The molecule has 42 heavy (non-hydrogen) atoms. The standard InChI is InChI=1S/C24H27N2O13PS2/c1-5-38-20(27)19(40(31,36-3)37-4)24(22(29)39-6-2)21(28)25(41(32,33)17-13-9-7-10-14-17)23(30)26(24)42(34,35)18-15-11-8-12-16-18/h7-16,19H,5-6H2,1-4H3/t19?,24-/m1/s1. The van der Waals surface area contributed by atoms with E-state index < -0.39 is 94.3 Å². The Morgan fingerprint density at radius 1 is 0.810 bits per heavy atom. The molecule has 0 aromatic heterocycles. The third-order valence-corrected chi connectivity index (χ3v) is 11.8. The van der Waals surface area contributed by atoms with E-state index in [0.29, 0.717) is 0 Å². The molecule has 1 heterocycles. The molecule has 1 aliphatic rings. The molecule has 228 valence electrons. The molecule has 1 saturated heterocycles. The fraction of sp³-hybridized carbons (Fsp3) is 0.333. The van der Waals surface area contributed by atoms with Gasteiger partial charge in [0.1, 0.15) is 0 Å². The Labute approximate surface area is 241 Å². The lowest BCUT2D eigenvalue weighted by Gasteiger charge is -2.38. The van der Waals surface area contributed by atoms with Crippen molar-refractivity contribution in [3.63, 3.8) is 0 Å². The van der Waals surface area contributed by atoms with Crippen LogP contribution in [0.1, 0.15) is 13.8 Å². The Kier molecular flexibility index (Phi) is 9.64. The van der Waals surface area contributed by atoms with E-state index in [2.05, 4.69) is 0 Å². The first-order valence-electron chi connectivity index (χ1n) is 12.1. The van der Waals surface area contributed by atoms with Crippen molar-refractivity contribution >= 4 is 51.5 Å². The van der Waals surface area contributed by atoms with Gasteiger partial charge in [-0.05, 0) is 38.1 Å². The summed E-state index contributed by atoms with van der Waals surface area (Å²) in [7, 11) is -14.3. The summed E-state index contributed by atoms with van der Waals surface area (Å²) >= 11 is 0.